The molecule has 0 bridgehead atoms. The third kappa shape index (κ3) is 3.76. The van der Waals surface area contributed by atoms with Crippen LogP contribution in [0.15, 0.2) is 39.7 Å². The van der Waals surface area contributed by atoms with E-state index in [1.165, 1.54) is 5.57 Å². The molecule has 0 aliphatic rings. The van der Waals surface area contributed by atoms with E-state index >= 15 is 0 Å². The fourth-order valence-electron chi connectivity index (χ4n) is 0.968. The molecule has 0 fully saturated rings. The van der Waals surface area contributed by atoms with Crippen molar-refractivity contribution in [3.8, 4) is 0 Å². The first-order valence-electron chi connectivity index (χ1n) is 4.42. The van der Waals surface area contributed by atoms with Crippen LogP contribution in [0.3, 0.4) is 0 Å². The summed E-state index contributed by atoms with van der Waals surface area (Å²) in [6.07, 6.45) is 1.04. The van der Waals surface area contributed by atoms with Crippen molar-refractivity contribution < 1.29 is 0 Å². The first-order valence-corrected chi connectivity index (χ1v) is 6.19. The lowest BCUT2D eigenvalue weighted by molar-refractivity contribution is 1.12. The maximum Gasteiger partial charge on any atom is 0.0453 e. The molecule has 1 nitrogen and oxygen atoms in total. The molecule has 0 saturated heterocycles. The van der Waals surface area contributed by atoms with Gasteiger partial charge in [0.15, 0.2) is 0 Å². The summed E-state index contributed by atoms with van der Waals surface area (Å²) in [5, 5.41) is 0. The zero-order chi connectivity index (χ0) is 10.6. The molecule has 1 rings (SSSR count). The van der Waals surface area contributed by atoms with Crippen LogP contribution in [0.2, 0.25) is 0 Å². The highest BCUT2D eigenvalue weighted by Gasteiger charge is 2.00. The molecule has 14 heavy (non-hydrogen) atoms. The van der Waals surface area contributed by atoms with Gasteiger partial charge in [-0.15, -0.1) is 18.3 Å². The van der Waals surface area contributed by atoms with Crippen molar-refractivity contribution in [2.24, 2.45) is 0 Å². The highest BCUT2D eigenvalue weighted by atomic mass is 79.9. The lowest BCUT2D eigenvalue weighted by Crippen LogP contribution is -1.89. The van der Waals surface area contributed by atoms with Gasteiger partial charge >= 0.3 is 0 Å². The predicted octanol–water partition coefficient (Wildman–Crippen LogP) is 4.09. The molecule has 0 aliphatic carbocycles. The predicted molar refractivity (Wildman–Crippen MR) is 68.7 cm³/mol. The highest BCUT2D eigenvalue weighted by Crippen LogP contribution is 2.29. The second-order valence-electron chi connectivity index (χ2n) is 3.24. The molecule has 0 atom stereocenters. The summed E-state index contributed by atoms with van der Waals surface area (Å²) in [6, 6.07) is 5.93. The minimum Gasteiger partial charge on any atom is -0.398 e. The third-order valence-corrected chi connectivity index (χ3v) is 3.33. The van der Waals surface area contributed by atoms with Crippen molar-refractivity contribution in [3.05, 3.63) is 34.8 Å². The molecule has 1 aromatic rings. The van der Waals surface area contributed by atoms with Crippen molar-refractivity contribution in [1.29, 1.82) is 0 Å². The second kappa shape index (κ2) is 5.47. The topological polar surface area (TPSA) is 26.0 Å². The van der Waals surface area contributed by atoms with Gasteiger partial charge in [-0.3, -0.25) is 0 Å². The monoisotopic (exact) mass is 271 g/mol. The molecule has 3 heteroatoms. The number of hydrogen-bond donors (Lipinski definition) is 1. The Labute approximate surface area is 97.9 Å². The van der Waals surface area contributed by atoms with Gasteiger partial charge in [0.05, 0.1) is 0 Å². The summed E-state index contributed by atoms with van der Waals surface area (Å²) < 4.78 is 1.07. The van der Waals surface area contributed by atoms with Gasteiger partial charge < -0.3 is 5.73 Å². The van der Waals surface area contributed by atoms with Crippen molar-refractivity contribution in [2.45, 2.75) is 18.2 Å². The quantitative estimate of drug-likeness (QED) is 0.507. The van der Waals surface area contributed by atoms with E-state index in [4.69, 9.17) is 5.73 Å². The van der Waals surface area contributed by atoms with Crippen LogP contribution >= 0.6 is 27.7 Å². The summed E-state index contributed by atoms with van der Waals surface area (Å²) in [5.41, 5.74) is 7.90. The van der Waals surface area contributed by atoms with E-state index in [9.17, 15) is 0 Å². The third-order valence-electron chi connectivity index (χ3n) is 1.76. The van der Waals surface area contributed by atoms with Crippen LogP contribution in [0.4, 0.5) is 5.69 Å². The van der Waals surface area contributed by atoms with E-state index in [2.05, 4.69) is 28.6 Å². The van der Waals surface area contributed by atoms with Crippen molar-refractivity contribution in [3.63, 3.8) is 0 Å². The minimum atomic E-state index is 0.847. The lowest BCUT2D eigenvalue weighted by Gasteiger charge is -2.05. The summed E-state index contributed by atoms with van der Waals surface area (Å²) >= 11 is 5.20. The molecule has 0 radical (unpaired) electrons. The summed E-state index contributed by atoms with van der Waals surface area (Å²) in [4.78, 5) is 1.14. The van der Waals surface area contributed by atoms with Crippen LogP contribution < -0.4 is 5.73 Å². The zero-order valence-electron chi connectivity index (χ0n) is 8.22. The number of anilines is 1. The van der Waals surface area contributed by atoms with Gasteiger partial charge in [-0.25, -0.2) is 0 Å². The molecular weight excluding hydrogens is 258 g/mol. The Kier molecular flexibility index (Phi) is 4.55. The fourth-order valence-corrected chi connectivity index (χ4v) is 2.60. The first kappa shape index (κ1) is 11.7. The summed E-state index contributed by atoms with van der Waals surface area (Å²) in [5.74, 6) is 1.04. The number of hydrogen-bond acceptors (Lipinski definition) is 2. The van der Waals surface area contributed by atoms with E-state index in [-0.39, 0.29) is 0 Å². The molecule has 0 saturated carbocycles. The molecule has 0 unspecified atom stereocenters. The van der Waals surface area contributed by atoms with E-state index < -0.39 is 0 Å². The standard InChI is InChI=1S/C11H14BrNS/c1-8(2)5-6-14-11-7-9(12)3-4-10(11)13/h3-4,7H,1,5-6,13H2,2H3. The van der Waals surface area contributed by atoms with Crippen molar-refractivity contribution >= 4 is 33.4 Å². The first-order chi connectivity index (χ1) is 6.59. The van der Waals surface area contributed by atoms with Crippen molar-refractivity contribution in [2.75, 3.05) is 11.5 Å². The van der Waals surface area contributed by atoms with Gasteiger partial charge in [-0.2, -0.15) is 0 Å². The van der Waals surface area contributed by atoms with Crippen LogP contribution in [0.1, 0.15) is 13.3 Å². The molecule has 76 valence electrons. The van der Waals surface area contributed by atoms with Crippen molar-refractivity contribution in [1.82, 2.24) is 0 Å². The Balaban J connectivity index is 2.57. The van der Waals surface area contributed by atoms with Crippen LogP contribution in [0.25, 0.3) is 0 Å². The van der Waals surface area contributed by atoms with Crippen LogP contribution in [0, 0.1) is 0 Å². The Morgan fingerprint density at radius 1 is 1.57 bits per heavy atom. The summed E-state index contributed by atoms with van der Waals surface area (Å²) in [6.45, 7) is 5.92. The van der Waals surface area contributed by atoms with Crippen LogP contribution in [-0.4, -0.2) is 5.75 Å². The van der Waals surface area contributed by atoms with Gasteiger partial charge in [0.1, 0.15) is 0 Å². The Bertz CT molecular complexity index is 336. The fraction of sp³-hybridized carbons (Fsp3) is 0.273. The van der Waals surface area contributed by atoms with Gasteiger partial charge in [0, 0.05) is 20.8 Å². The smallest absolute Gasteiger partial charge is 0.0453 e. The second-order valence-corrected chi connectivity index (χ2v) is 5.29. The molecular formula is C11H14BrNS. The van der Waals surface area contributed by atoms with Crippen LogP contribution in [0.5, 0.6) is 0 Å². The molecule has 0 amide bonds. The minimum absolute atomic E-state index is 0.847. The molecule has 2 N–H and O–H groups in total. The van der Waals surface area contributed by atoms with E-state index in [0.29, 0.717) is 0 Å². The molecule has 0 heterocycles. The average Bonchev–Trinajstić information content (AvgIpc) is 2.10. The van der Waals surface area contributed by atoms with Gasteiger partial charge in [0.2, 0.25) is 0 Å². The summed E-state index contributed by atoms with van der Waals surface area (Å²) in [7, 11) is 0. The highest BCUT2D eigenvalue weighted by molar-refractivity contribution is 9.10. The maximum absolute atomic E-state index is 5.84. The van der Waals surface area contributed by atoms with E-state index in [0.717, 1.165) is 27.2 Å². The maximum atomic E-state index is 5.84. The molecule has 0 aromatic heterocycles. The SMILES string of the molecule is C=C(C)CCSc1cc(Br)ccc1N. The number of rotatable bonds is 4. The normalized spacial score (nSPS) is 10.1. The number of nitrogens with two attached hydrogens (primary N) is 1. The average molecular weight is 272 g/mol. The number of nitrogen functional groups attached to an aromatic ring is 1. The number of allylic oxidation sites excluding steroid dienone is 1. The number of benzene rings is 1. The number of halogens is 1. The van der Waals surface area contributed by atoms with E-state index in [1.54, 1.807) is 11.8 Å². The Morgan fingerprint density at radius 2 is 2.29 bits per heavy atom. The number of thioether (sulfide) groups is 1. The Morgan fingerprint density at radius 3 is 2.93 bits per heavy atom. The van der Waals surface area contributed by atoms with Crippen LogP contribution in [-0.2, 0) is 0 Å². The molecule has 1 aromatic carbocycles. The zero-order valence-corrected chi connectivity index (χ0v) is 10.6. The molecule has 0 spiro atoms. The van der Waals surface area contributed by atoms with Gasteiger partial charge in [-0.05, 0) is 31.5 Å². The van der Waals surface area contributed by atoms with Gasteiger partial charge in [0.25, 0.3) is 0 Å². The largest absolute Gasteiger partial charge is 0.398 e. The van der Waals surface area contributed by atoms with Gasteiger partial charge in [-0.1, -0.05) is 21.5 Å². The van der Waals surface area contributed by atoms with E-state index in [1.807, 2.05) is 19.1 Å². The Hall–Kier alpha value is -0.410. The molecule has 0 aliphatic heterocycles. The lowest BCUT2D eigenvalue weighted by atomic mass is 10.3.